The standard InChI is InChI=1S/C15H22N2O2/c1-12(18)13-4-5-15(19-3)14(10-13)11-17-8-6-16(2)7-9-17/h4-5,10H,6-9,11H2,1-3H3. The average molecular weight is 262 g/mol. The summed E-state index contributed by atoms with van der Waals surface area (Å²) >= 11 is 0. The Kier molecular flexibility index (Phi) is 4.56. The molecule has 1 aromatic carbocycles. The fraction of sp³-hybridized carbons (Fsp3) is 0.533. The summed E-state index contributed by atoms with van der Waals surface area (Å²) < 4.78 is 5.39. The highest BCUT2D eigenvalue weighted by Crippen LogP contribution is 2.22. The SMILES string of the molecule is COc1ccc(C(C)=O)cc1CN1CCN(C)CC1. The maximum absolute atomic E-state index is 11.5. The van der Waals surface area contributed by atoms with Gasteiger partial charge in [-0.25, -0.2) is 0 Å². The summed E-state index contributed by atoms with van der Waals surface area (Å²) in [5, 5.41) is 0. The second-order valence-electron chi connectivity index (χ2n) is 5.16. The summed E-state index contributed by atoms with van der Waals surface area (Å²) in [6, 6.07) is 5.68. The van der Waals surface area contributed by atoms with E-state index in [1.54, 1.807) is 14.0 Å². The monoisotopic (exact) mass is 262 g/mol. The van der Waals surface area contributed by atoms with E-state index in [9.17, 15) is 4.79 Å². The fourth-order valence-corrected chi connectivity index (χ4v) is 2.37. The van der Waals surface area contributed by atoms with Crippen LogP contribution in [0.1, 0.15) is 22.8 Å². The first-order valence-electron chi connectivity index (χ1n) is 6.69. The molecule has 0 aliphatic carbocycles. The van der Waals surface area contributed by atoms with E-state index in [-0.39, 0.29) is 5.78 Å². The zero-order valence-electron chi connectivity index (χ0n) is 12.0. The van der Waals surface area contributed by atoms with Crippen LogP contribution in [0.25, 0.3) is 0 Å². The summed E-state index contributed by atoms with van der Waals surface area (Å²) in [6.07, 6.45) is 0. The Morgan fingerprint density at radius 3 is 2.53 bits per heavy atom. The Morgan fingerprint density at radius 2 is 1.95 bits per heavy atom. The normalized spacial score (nSPS) is 17.4. The van der Waals surface area contributed by atoms with Gasteiger partial charge in [0.15, 0.2) is 5.78 Å². The van der Waals surface area contributed by atoms with Gasteiger partial charge in [-0.15, -0.1) is 0 Å². The molecule has 0 atom stereocenters. The molecule has 4 nitrogen and oxygen atoms in total. The van der Waals surface area contributed by atoms with Crippen LogP contribution in [0.15, 0.2) is 18.2 Å². The molecule has 1 aliphatic heterocycles. The number of methoxy groups -OCH3 is 1. The van der Waals surface area contributed by atoms with E-state index >= 15 is 0 Å². The molecule has 4 heteroatoms. The molecule has 0 aromatic heterocycles. The molecule has 104 valence electrons. The Hall–Kier alpha value is -1.39. The molecule has 0 radical (unpaired) electrons. The lowest BCUT2D eigenvalue weighted by molar-refractivity contribution is 0.101. The van der Waals surface area contributed by atoms with Gasteiger partial charge in [0.05, 0.1) is 7.11 Å². The van der Waals surface area contributed by atoms with E-state index in [2.05, 4.69) is 16.8 Å². The number of hydrogen-bond acceptors (Lipinski definition) is 4. The van der Waals surface area contributed by atoms with Crippen molar-refractivity contribution in [2.24, 2.45) is 0 Å². The lowest BCUT2D eigenvalue weighted by atomic mass is 10.1. The van der Waals surface area contributed by atoms with Crippen LogP contribution >= 0.6 is 0 Å². The van der Waals surface area contributed by atoms with Crippen LogP contribution in [0.3, 0.4) is 0 Å². The van der Waals surface area contributed by atoms with Crippen molar-refractivity contribution in [3.8, 4) is 5.75 Å². The Balaban J connectivity index is 2.13. The minimum absolute atomic E-state index is 0.0993. The molecule has 0 spiro atoms. The van der Waals surface area contributed by atoms with Crippen molar-refractivity contribution in [1.82, 2.24) is 9.80 Å². The Bertz CT molecular complexity index is 451. The third kappa shape index (κ3) is 3.55. The summed E-state index contributed by atoms with van der Waals surface area (Å²) in [4.78, 5) is 16.2. The zero-order chi connectivity index (χ0) is 13.8. The molecular weight excluding hydrogens is 240 g/mol. The molecule has 0 saturated carbocycles. The molecule has 1 saturated heterocycles. The van der Waals surface area contributed by atoms with E-state index in [4.69, 9.17) is 4.74 Å². The number of rotatable bonds is 4. The number of benzene rings is 1. The zero-order valence-corrected chi connectivity index (χ0v) is 12.0. The first kappa shape index (κ1) is 14.0. The van der Waals surface area contributed by atoms with Crippen LogP contribution in [-0.4, -0.2) is 55.9 Å². The van der Waals surface area contributed by atoms with Crippen LogP contribution in [-0.2, 0) is 6.54 Å². The average Bonchev–Trinajstić information content (AvgIpc) is 2.41. The molecule has 0 N–H and O–H groups in total. The minimum atomic E-state index is 0.0993. The predicted octanol–water partition coefficient (Wildman–Crippen LogP) is 1.65. The molecule has 1 fully saturated rings. The largest absolute Gasteiger partial charge is 0.496 e. The molecule has 1 aromatic rings. The van der Waals surface area contributed by atoms with E-state index in [1.807, 2.05) is 18.2 Å². The van der Waals surface area contributed by atoms with Gasteiger partial charge in [-0.05, 0) is 32.2 Å². The molecule has 0 bridgehead atoms. The number of Topliss-reactive ketones (excluding diaryl/α,β-unsaturated/α-hetero) is 1. The maximum atomic E-state index is 11.5. The number of hydrogen-bond donors (Lipinski definition) is 0. The fourth-order valence-electron chi connectivity index (χ4n) is 2.37. The topological polar surface area (TPSA) is 32.8 Å². The number of piperazine rings is 1. The Labute approximate surface area is 115 Å². The highest BCUT2D eigenvalue weighted by Gasteiger charge is 2.16. The quantitative estimate of drug-likeness (QED) is 0.772. The van der Waals surface area contributed by atoms with E-state index in [0.717, 1.165) is 49.6 Å². The van der Waals surface area contributed by atoms with Crippen LogP contribution in [0, 0.1) is 0 Å². The lowest BCUT2D eigenvalue weighted by Gasteiger charge is -2.32. The summed E-state index contributed by atoms with van der Waals surface area (Å²) in [6.45, 7) is 6.75. The van der Waals surface area contributed by atoms with Gasteiger partial charge in [0.25, 0.3) is 0 Å². The second kappa shape index (κ2) is 6.17. The number of nitrogens with zero attached hydrogens (tertiary/aromatic N) is 2. The minimum Gasteiger partial charge on any atom is -0.496 e. The summed E-state index contributed by atoms with van der Waals surface area (Å²) in [5.41, 5.74) is 1.85. The smallest absolute Gasteiger partial charge is 0.159 e. The second-order valence-corrected chi connectivity index (χ2v) is 5.16. The van der Waals surface area contributed by atoms with Gasteiger partial charge < -0.3 is 9.64 Å². The van der Waals surface area contributed by atoms with Crippen molar-refractivity contribution in [2.75, 3.05) is 40.3 Å². The van der Waals surface area contributed by atoms with E-state index < -0.39 is 0 Å². The van der Waals surface area contributed by atoms with Crippen molar-refractivity contribution in [3.63, 3.8) is 0 Å². The van der Waals surface area contributed by atoms with Crippen molar-refractivity contribution in [2.45, 2.75) is 13.5 Å². The predicted molar refractivity (Wildman–Crippen MR) is 75.8 cm³/mol. The number of ketones is 1. The maximum Gasteiger partial charge on any atom is 0.159 e. The molecular formula is C15H22N2O2. The molecule has 0 unspecified atom stereocenters. The number of carbonyl (C=O) groups excluding carboxylic acids is 1. The third-order valence-corrected chi connectivity index (χ3v) is 3.68. The van der Waals surface area contributed by atoms with Gasteiger partial charge in [-0.3, -0.25) is 9.69 Å². The van der Waals surface area contributed by atoms with Gasteiger partial charge in [0, 0.05) is 43.9 Å². The van der Waals surface area contributed by atoms with Crippen LogP contribution in [0.4, 0.5) is 0 Å². The summed E-state index contributed by atoms with van der Waals surface area (Å²) in [5.74, 6) is 0.964. The molecule has 2 rings (SSSR count). The van der Waals surface area contributed by atoms with Gasteiger partial charge in [0.2, 0.25) is 0 Å². The molecule has 19 heavy (non-hydrogen) atoms. The number of likely N-dealkylation sites (N-methyl/N-ethyl adjacent to an activating group) is 1. The molecule has 0 amide bonds. The molecule has 1 aliphatic rings. The van der Waals surface area contributed by atoms with Crippen molar-refractivity contribution in [1.29, 1.82) is 0 Å². The van der Waals surface area contributed by atoms with Gasteiger partial charge >= 0.3 is 0 Å². The summed E-state index contributed by atoms with van der Waals surface area (Å²) in [7, 11) is 3.82. The third-order valence-electron chi connectivity index (χ3n) is 3.68. The number of carbonyl (C=O) groups is 1. The van der Waals surface area contributed by atoms with Crippen LogP contribution in [0.2, 0.25) is 0 Å². The van der Waals surface area contributed by atoms with Crippen molar-refractivity contribution in [3.05, 3.63) is 29.3 Å². The van der Waals surface area contributed by atoms with Gasteiger partial charge in [-0.2, -0.15) is 0 Å². The van der Waals surface area contributed by atoms with E-state index in [1.165, 1.54) is 0 Å². The van der Waals surface area contributed by atoms with Gasteiger partial charge in [-0.1, -0.05) is 0 Å². The molecule has 1 heterocycles. The van der Waals surface area contributed by atoms with Crippen LogP contribution < -0.4 is 4.74 Å². The van der Waals surface area contributed by atoms with E-state index in [0.29, 0.717) is 0 Å². The highest BCUT2D eigenvalue weighted by atomic mass is 16.5. The van der Waals surface area contributed by atoms with Crippen LogP contribution in [0.5, 0.6) is 5.75 Å². The number of ether oxygens (including phenoxy) is 1. The van der Waals surface area contributed by atoms with Crippen molar-refractivity contribution >= 4 is 5.78 Å². The highest BCUT2D eigenvalue weighted by molar-refractivity contribution is 5.94. The van der Waals surface area contributed by atoms with Crippen molar-refractivity contribution < 1.29 is 9.53 Å². The lowest BCUT2D eigenvalue weighted by Crippen LogP contribution is -2.43. The van der Waals surface area contributed by atoms with Gasteiger partial charge in [0.1, 0.15) is 5.75 Å². The first-order chi connectivity index (χ1) is 9.10. The Morgan fingerprint density at radius 1 is 1.26 bits per heavy atom. The first-order valence-corrected chi connectivity index (χ1v) is 6.69.